The first kappa shape index (κ1) is 25.9. The Morgan fingerprint density at radius 2 is 1.00 bits per heavy atom. The van der Waals surface area contributed by atoms with Crippen LogP contribution in [0.3, 0.4) is 0 Å². The van der Waals surface area contributed by atoms with Gasteiger partial charge in [-0.05, 0) is 58.7 Å². The largest absolute Gasteiger partial charge is 0.422 e. The van der Waals surface area contributed by atoms with E-state index in [1.54, 1.807) is 23.5 Å². The van der Waals surface area contributed by atoms with Crippen molar-refractivity contribution >= 4 is 66.7 Å². The summed E-state index contributed by atoms with van der Waals surface area (Å²) in [5, 5.41) is 21.3. The first-order valence-corrected chi connectivity index (χ1v) is 14.1. The predicted octanol–water partition coefficient (Wildman–Crippen LogP) is 7.80. The quantitative estimate of drug-likeness (QED) is 0.203. The van der Waals surface area contributed by atoms with Crippen LogP contribution in [-0.4, -0.2) is 11.9 Å². The Labute approximate surface area is 249 Å². The highest BCUT2D eigenvalue weighted by atomic mass is 32.1. The summed E-state index contributed by atoms with van der Waals surface area (Å²) in [6.07, 6.45) is 3.55. The average Bonchev–Trinajstić information content (AvgIpc) is 3.66. The van der Waals surface area contributed by atoms with E-state index >= 15 is 0 Å². The lowest BCUT2D eigenvalue weighted by atomic mass is 9.98. The van der Waals surface area contributed by atoms with Crippen molar-refractivity contribution in [2.45, 2.75) is 0 Å². The fraction of sp³-hybridized carbons (Fsp3) is 0. The number of hydrogen-bond donors (Lipinski definition) is 0. The van der Waals surface area contributed by atoms with E-state index in [0.717, 1.165) is 42.4 Å². The molecular formula is C36H18N2O4S. The topological polar surface area (TPSA) is 100 Å². The molecule has 4 aromatic carbocycles. The number of carbonyl (C=O) groups excluding carboxylic acids is 2. The fourth-order valence-corrected chi connectivity index (χ4v) is 6.41. The summed E-state index contributed by atoms with van der Waals surface area (Å²) in [5.41, 5.74) is 3.98. The van der Waals surface area contributed by atoms with Crippen molar-refractivity contribution in [3.8, 4) is 12.1 Å². The van der Waals surface area contributed by atoms with Crippen molar-refractivity contribution < 1.29 is 19.1 Å². The SMILES string of the molecule is N#CC1=C(c2ccccc2)C(=Cc2ccc3sc4ccc(C=C5OC(=O)C(C#N)=C5c5ccccc5)cc4c3c2)OC1=O. The maximum Gasteiger partial charge on any atom is 0.355 e. The number of esters is 2. The van der Waals surface area contributed by atoms with Gasteiger partial charge in [-0.15, -0.1) is 11.3 Å². The molecule has 0 saturated carbocycles. The molecule has 43 heavy (non-hydrogen) atoms. The van der Waals surface area contributed by atoms with E-state index in [0.29, 0.717) is 22.7 Å². The molecule has 0 spiro atoms. The van der Waals surface area contributed by atoms with Gasteiger partial charge in [0.15, 0.2) is 0 Å². The molecule has 0 amide bonds. The highest BCUT2D eigenvalue weighted by molar-refractivity contribution is 7.25. The van der Waals surface area contributed by atoms with Crippen LogP contribution in [0.1, 0.15) is 22.3 Å². The van der Waals surface area contributed by atoms with Crippen molar-refractivity contribution in [3.05, 3.63) is 142 Å². The number of hydrogen-bond acceptors (Lipinski definition) is 7. The van der Waals surface area contributed by atoms with Gasteiger partial charge in [0.05, 0.1) is 0 Å². The molecule has 2 aliphatic heterocycles. The van der Waals surface area contributed by atoms with E-state index < -0.39 is 11.9 Å². The molecule has 2 aliphatic rings. The van der Waals surface area contributed by atoms with Gasteiger partial charge in [-0.2, -0.15) is 10.5 Å². The lowest BCUT2D eigenvalue weighted by Crippen LogP contribution is -1.96. The zero-order chi connectivity index (χ0) is 29.5. The molecule has 7 heteroatoms. The Bertz CT molecular complexity index is 2070. The highest BCUT2D eigenvalue weighted by Gasteiger charge is 2.32. The zero-order valence-electron chi connectivity index (χ0n) is 22.3. The molecule has 0 bridgehead atoms. The van der Waals surface area contributed by atoms with Gasteiger partial charge in [0.1, 0.15) is 34.8 Å². The van der Waals surface area contributed by atoms with Gasteiger partial charge in [0, 0.05) is 31.3 Å². The van der Waals surface area contributed by atoms with E-state index in [-0.39, 0.29) is 11.1 Å². The van der Waals surface area contributed by atoms with Gasteiger partial charge in [-0.3, -0.25) is 0 Å². The Kier molecular flexibility index (Phi) is 6.28. The number of carbonyl (C=O) groups is 2. The third kappa shape index (κ3) is 4.51. The normalized spacial score (nSPS) is 16.7. The van der Waals surface area contributed by atoms with Gasteiger partial charge in [-0.25, -0.2) is 9.59 Å². The highest BCUT2D eigenvalue weighted by Crippen LogP contribution is 2.40. The van der Waals surface area contributed by atoms with Crippen molar-refractivity contribution in [2.75, 3.05) is 0 Å². The molecule has 202 valence electrons. The second-order valence-corrected chi connectivity index (χ2v) is 10.9. The molecule has 7 rings (SSSR count). The number of fused-ring (bicyclic) bond motifs is 3. The molecule has 0 fully saturated rings. The summed E-state index contributed by atoms with van der Waals surface area (Å²) in [5.74, 6) is -0.672. The second kappa shape index (κ2) is 10.4. The predicted molar refractivity (Wildman–Crippen MR) is 165 cm³/mol. The number of nitriles is 2. The van der Waals surface area contributed by atoms with Gasteiger partial charge < -0.3 is 9.47 Å². The van der Waals surface area contributed by atoms with E-state index in [9.17, 15) is 20.1 Å². The van der Waals surface area contributed by atoms with E-state index in [4.69, 9.17) is 9.47 Å². The summed E-state index contributed by atoms with van der Waals surface area (Å²) >= 11 is 1.65. The molecule has 0 saturated heterocycles. The van der Waals surface area contributed by atoms with Crippen LogP contribution in [0, 0.1) is 22.7 Å². The Morgan fingerprint density at radius 1 is 0.581 bits per heavy atom. The lowest BCUT2D eigenvalue weighted by Gasteiger charge is -2.06. The zero-order valence-corrected chi connectivity index (χ0v) is 23.1. The smallest absolute Gasteiger partial charge is 0.355 e. The van der Waals surface area contributed by atoms with Crippen LogP contribution in [0.15, 0.2) is 120 Å². The number of benzene rings is 4. The number of thiophene rings is 1. The standard InChI is InChI=1S/C36H18N2O4S/c37-19-27-33(23-7-3-1-4-8-23)29(41-35(27)39)17-21-11-13-31-25(15-21)26-16-22(12-14-32(26)43-31)18-30-34(24-9-5-2-6-10-24)28(20-38)36(40)42-30/h1-18H. The summed E-state index contributed by atoms with van der Waals surface area (Å²) in [6.45, 7) is 0. The van der Waals surface area contributed by atoms with Gasteiger partial charge in [-0.1, -0.05) is 72.8 Å². The van der Waals surface area contributed by atoms with Crippen LogP contribution in [0.2, 0.25) is 0 Å². The molecule has 0 aliphatic carbocycles. The first-order valence-electron chi connectivity index (χ1n) is 13.3. The van der Waals surface area contributed by atoms with Crippen molar-refractivity contribution in [1.29, 1.82) is 10.5 Å². The minimum atomic E-state index is -0.663. The minimum absolute atomic E-state index is 0.0201. The monoisotopic (exact) mass is 574 g/mol. The minimum Gasteiger partial charge on any atom is -0.422 e. The van der Waals surface area contributed by atoms with E-state index in [2.05, 4.69) is 0 Å². The van der Waals surface area contributed by atoms with Crippen LogP contribution in [0.25, 0.3) is 43.5 Å². The maximum atomic E-state index is 12.5. The molecule has 0 atom stereocenters. The van der Waals surface area contributed by atoms with Gasteiger partial charge in [0.25, 0.3) is 0 Å². The number of allylic oxidation sites excluding steroid dienone is 2. The van der Waals surface area contributed by atoms with Crippen LogP contribution < -0.4 is 0 Å². The summed E-state index contributed by atoms with van der Waals surface area (Å²) in [4.78, 5) is 25.0. The number of nitrogens with zero attached hydrogens (tertiary/aromatic N) is 2. The van der Waals surface area contributed by atoms with Crippen molar-refractivity contribution in [1.82, 2.24) is 0 Å². The Balaban J connectivity index is 1.31. The third-order valence-corrected chi connectivity index (χ3v) is 8.42. The number of cyclic esters (lactones) is 2. The van der Waals surface area contributed by atoms with Crippen molar-refractivity contribution in [2.24, 2.45) is 0 Å². The molecule has 0 N–H and O–H groups in total. The fourth-order valence-electron chi connectivity index (χ4n) is 5.34. The molecule has 1 aromatic heterocycles. The number of rotatable bonds is 4. The second-order valence-electron chi connectivity index (χ2n) is 9.87. The van der Waals surface area contributed by atoms with Crippen molar-refractivity contribution in [3.63, 3.8) is 0 Å². The van der Waals surface area contributed by atoms with Crippen LogP contribution in [0.5, 0.6) is 0 Å². The molecule has 3 heterocycles. The van der Waals surface area contributed by atoms with E-state index in [1.165, 1.54) is 0 Å². The Hall–Kier alpha value is -6.02. The summed E-state index contributed by atoms with van der Waals surface area (Å²) in [6, 6.07) is 34.5. The molecule has 0 unspecified atom stereocenters. The Morgan fingerprint density at radius 3 is 1.40 bits per heavy atom. The third-order valence-electron chi connectivity index (χ3n) is 7.27. The summed E-state index contributed by atoms with van der Waals surface area (Å²) < 4.78 is 13.2. The van der Waals surface area contributed by atoms with Gasteiger partial charge >= 0.3 is 11.9 Å². The number of ether oxygens (including phenoxy) is 2. The summed E-state index contributed by atoms with van der Waals surface area (Å²) in [7, 11) is 0. The maximum absolute atomic E-state index is 12.5. The average molecular weight is 575 g/mol. The van der Waals surface area contributed by atoms with Crippen LogP contribution >= 0.6 is 11.3 Å². The first-order chi connectivity index (χ1) is 21.0. The molecule has 6 nitrogen and oxygen atoms in total. The van der Waals surface area contributed by atoms with Gasteiger partial charge in [0.2, 0.25) is 0 Å². The van der Waals surface area contributed by atoms with Crippen LogP contribution in [0.4, 0.5) is 0 Å². The van der Waals surface area contributed by atoms with E-state index in [1.807, 2.05) is 109 Å². The molecule has 5 aromatic rings. The molecular weight excluding hydrogens is 556 g/mol. The van der Waals surface area contributed by atoms with Crippen LogP contribution in [-0.2, 0) is 19.1 Å². The molecule has 0 radical (unpaired) electrons. The lowest BCUT2D eigenvalue weighted by molar-refractivity contribution is -0.133.